The van der Waals surface area contributed by atoms with Crippen LogP contribution < -0.4 is 15.4 Å². The van der Waals surface area contributed by atoms with Gasteiger partial charge < -0.3 is 15.4 Å². The second kappa shape index (κ2) is 8.01. The first kappa shape index (κ1) is 16.6. The van der Waals surface area contributed by atoms with Gasteiger partial charge in [-0.1, -0.05) is 29.3 Å². The number of thiocarbonyl (C=S) groups is 1. The summed E-state index contributed by atoms with van der Waals surface area (Å²) in [5, 5.41) is 7.55. The molecule has 0 aliphatic carbocycles. The minimum Gasteiger partial charge on any atom is -0.491 e. The minimum absolute atomic E-state index is 0.0913. The summed E-state index contributed by atoms with van der Waals surface area (Å²) < 4.78 is 5.72. The zero-order valence-electron chi connectivity index (χ0n) is 12.6. The topological polar surface area (TPSA) is 33.3 Å². The molecule has 0 aliphatic heterocycles. The van der Waals surface area contributed by atoms with Crippen LogP contribution in [0.1, 0.15) is 12.5 Å². The summed E-state index contributed by atoms with van der Waals surface area (Å²) in [5.74, 6) is 0.857. The van der Waals surface area contributed by atoms with Crippen LogP contribution in [0.25, 0.3) is 0 Å². The number of halogens is 1. The van der Waals surface area contributed by atoms with Gasteiger partial charge in [0.2, 0.25) is 0 Å². The maximum absolute atomic E-state index is 5.85. The number of nitrogens with one attached hydrogen (secondary N) is 2. The van der Waals surface area contributed by atoms with Gasteiger partial charge >= 0.3 is 0 Å². The van der Waals surface area contributed by atoms with Crippen LogP contribution in [0.15, 0.2) is 48.5 Å². The Hall–Kier alpha value is -1.78. The van der Waals surface area contributed by atoms with E-state index in [4.69, 9.17) is 28.6 Å². The van der Waals surface area contributed by atoms with Crippen LogP contribution in [0.4, 0.5) is 5.69 Å². The van der Waals surface area contributed by atoms with Crippen LogP contribution in [-0.2, 0) is 0 Å². The Bertz CT molecular complexity index is 614. The molecule has 22 heavy (non-hydrogen) atoms. The van der Waals surface area contributed by atoms with E-state index in [1.54, 1.807) is 0 Å². The van der Waals surface area contributed by atoms with Crippen molar-refractivity contribution in [3.8, 4) is 5.75 Å². The Morgan fingerprint density at radius 1 is 1.14 bits per heavy atom. The Morgan fingerprint density at radius 2 is 1.77 bits per heavy atom. The summed E-state index contributed by atoms with van der Waals surface area (Å²) in [6.45, 7) is 4.60. The fourth-order valence-corrected chi connectivity index (χ4v) is 2.27. The quantitative estimate of drug-likeness (QED) is 0.794. The number of anilines is 1. The van der Waals surface area contributed by atoms with E-state index >= 15 is 0 Å². The average molecular weight is 335 g/mol. The molecule has 0 heterocycles. The van der Waals surface area contributed by atoms with Gasteiger partial charge in [-0.15, -0.1) is 0 Å². The Labute approximate surface area is 141 Å². The highest BCUT2D eigenvalue weighted by Crippen LogP contribution is 2.13. The minimum atomic E-state index is 0.0913. The molecule has 0 aromatic heterocycles. The van der Waals surface area contributed by atoms with Crippen LogP contribution in [0.3, 0.4) is 0 Å². The highest BCUT2D eigenvalue weighted by Gasteiger charge is 2.05. The lowest BCUT2D eigenvalue weighted by Crippen LogP contribution is -2.39. The molecule has 0 spiro atoms. The summed E-state index contributed by atoms with van der Waals surface area (Å²) in [6, 6.07) is 15.5. The molecule has 0 bridgehead atoms. The zero-order chi connectivity index (χ0) is 15.9. The van der Waals surface area contributed by atoms with Crippen LogP contribution in [-0.4, -0.2) is 17.8 Å². The van der Waals surface area contributed by atoms with Gasteiger partial charge in [0.05, 0.1) is 6.04 Å². The SMILES string of the molecule is Cc1ccc(OC[C@H](C)NC(=S)Nc2ccc(Cl)cc2)cc1. The fraction of sp³-hybridized carbons (Fsp3) is 0.235. The van der Waals surface area contributed by atoms with Crippen molar-refractivity contribution in [1.29, 1.82) is 0 Å². The second-order valence-corrected chi connectivity index (χ2v) is 5.98. The third-order valence-corrected chi connectivity index (χ3v) is 3.47. The van der Waals surface area contributed by atoms with Crippen LogP contribution >= 0.6 is 23.8 Å². The van der Waals surface area contributed by atoms with E-state index in [9.17, 15) is 0 Å². The highest BCUT2D eigenvalue weighted by atomic mass is 35.5. The molecule has 116 valence electrons. The van der Waals surface area contributed by atoms with Gasteiger partial charge in [0.1, 0.15) is 12.4 Å². The molecule has 0 saturated heterocycles. The molecular formula is C17H19ClN2OS. The molecule has 5 heteroatoms. The number of ether oxygens (including phenoxy) is 1. The number of hydrogen-bond donors (Lipinski definition) is 2. The smallest absolute Gasteiger partial charge is 0.171 e. The summed E-state index contributed by atoms with van der Waals surface area (Å²) in [5.41, 5.74) is 2.11. The van der Waals surface area contributed by atoms with E-state index in [1.165, 1.54) is 5.56 Å². The molecule has 2 N–H and O–H groups in total. The Morgan fingerprint density at radius 3 is 2.41 bits per heavy atom. The molecule has 2 aromatic rings. The monoisotopic (exact) mass is 334 g/mol. The molecule has 0 unspecified atom stereocenters. The van der Waals surface area contributed by atoms with E-state index in [-0.39, 0.29) is 6.04 Å². The van der Waals surface area contributed by atoms with Crippen molar-refractivity contribution in [2.24, 2.45) is 0 Å². The van der Waals surface area contributed by atoms with Gasteiger partial charge in [0, 0.05) is 10.7 Å². The van der Waals surface area contributed by atoms with Crippen molar-refractivity contribution < 1.29 is 4.74 Å². The van der Waals surface area contributed by atoms with E-state index in [0.717, 1.165) is 11.4 Å². The number of rotatable bonds is 5. The molecule has 3 nitrogen and oxygen atoms in total. The molecule has 0 amide bonds. The second-order valence-electron chi connectivity index (χ2n) is 5.13. The standard InChI is InChI=1S/C17H19ClN2OS/c1-12-3-9-16(10-4-12)21-11-13(2)19-17(22)20-15-7-5-14(18)6-8-15/h3-10,13H,11H2,1-2H3,(H2,19,20,22)/t13-/m0/s1. The molecule has 0 radical (unpaired) electrons. The summed E-state index contributed by atoms with van der Waals surface area (Å²) in [7, 11) is 0. The van der Waals surface area contributed by atoms with Crippen molar-refractivity contribution in [3.63, 3.8) is 0 Å². The van der Waals surface area contributed by atoms with Crippen LogP contribution in [0.5, 0.6) is 5.75 Å². The largest absolute Gasteiger partial charge is 0.491 e. The third-order valence-electron chi connectivity index (χ3n) is 3.00. The first-order chi connectivity index (χ1) is 10.5. The first-order valence-corrected chi connectivity index (χ1v) is 7.84. The fourth-order valence-electron chi connectivity index (χ4n) is 1.82. The van der Waals surface area contributed by atoms with Crippen molar-refractivity contribution >= 4 is 34.6 Å². The lowest BCUT2D eigenvalue weighted by atomic mass is 10.2. The molecular weight excluding hydrogens is 316 g/mol. The maximum Gasteiger partial charge on any atom is 0.171 e. The molecule has 2 aromatic carbocycles. The van der Waals surface area contributed by atoms with E-state index in [2.05, 4.69) is 17.6 Å². The van der Waals surface area contributed by atoms with E-state index in [0.29, 0.717) is 16.7 Å². The van der Waals surface area contributed by atoms with Gasteiger partial charge in [-0.2, -0.15) is 0 Å². The van der Waals surface area contributed by atoms with Crippen molar-refractivity contribution in [3.05, 3.63) is 59.1 Å². The summed E-state index contributed by atoms with van der Waals surface area (Å²) in [4.78, 5) is 0. The Kier molecular flexibility index (Phi) is 6.04. The predicted octanol–water partition coefficient (Wildman–Crippen LogP) is 4.40. The van der Waals surface area contributed by atoms with Crippen molar-refractivity contribution in [1.82, 2.24) is 5.32 Å². The van der Waals surface area contributed by atoms with Crippen LogP contribution in [0, 0.1) is 6.92 Å². The number of benzene rings is 2. The molecule has 0 fully saturated rings. The normalized spacial score (nSPS) is 11.6. The van der Waals surface area contributed by atoms with E-state index in [1.807, 2.05) is 55.5 Å². The number of aryl methyl sites for hydroxylation is 1. The Balaban J connectivity index is 1.76. The van der Waals surface area contributed by atoms with Crippen molar-refractivity contribution in [2.45, 2.75) is 19.9 Å². The number of hydrogen-bond acceptors (Lipinski definition) is 2. The zero-order valence-corrected chi connectivity index (χ0v) is 14.2. The first-order valence-electron chi connectivity index (χ1n) is 7.05. The van der Waals surface area contributed by atoms with Crippen molar-refractivity contribution in [2.75, 3.05) is 11.9 Å². The molecule has 0 aliphatic rings. The maximum atomic E-state index is 5.85. The van der Waals surface area contributed by atoms with Gasteiger partial charge in [-0.3, -0.25) is 0 Å². The van der Waals surface area contributed by atoms with Gasteiger partial charge in [-0.05, 0) is 62.5 Å². The molecule has 1 atom stereocenters. The summed E-state index contributed by atoms with van der Waals surface area (Å²) >= 11 is 11.1. The van der Waals surface area contributed by atoms with Crippen LogP contribution in [0.2, 0.25) is 5.02 Å². The predicted molar refractivity (Wildman–Crippen MR) is 96.9 cm³/mol. The third kappa shape index (κ3) is 5.54. The van der Waals surface area contributed by atoms with Gasteiger partial charge in [-0.25, -0.2) is 0 Å². The molecule has 0 saturated carbocycles. The lowest BCUT2D eigenvalue weighted by Gasteiger charge is -2.17. The lowest BCUT2D eigenvalue weighted by molar-refractivity contribution is 0.287. The van der Waals surface area contributed by atoms with Gasteiger partial charge in [0.25, 0.3) is 0 Å². The van der Waals surface area contributed by atoms with Gasteiger partial charge in [0.15, 0.2) is 5.11 Å². The average Bonchev–Trinajstić information content (AvgIpc) is 2.49. The summed E-state index contributed by atoms with van der Waals surface area (Å²) in [6.07, 6.45) is 0. The highest BCUT2D eigenvalue weighted by molar-refractivity contribution is 7.80. The van der Waals surface area contributed by atoms with E-state index < -0.39 is 0 Å². The molecule has 2 rings (SSSR count).